The van der Waals surface area contributed by atoms with E-state index in [1.54, 1.807) is 29.2 Å². The Balaban J connectivity index is 1.19. The first-order valence-corrected chi connectivity index (χ1v) is 13.9. The fourth-order valence-corrected chi connectivity index (χ4v) is 6.01. The number of nitrogens with two attached hydrogens (primary N) is 1. The van der Waals surface area contributed by atoms with Crippen LogP contribution >= 0.6 is 0 Å². The highest BCUT2D eigenvalue weighted by molar-refractivity contribution is 6.11. The number of nitrogens with zero attached hydrogens (tertiary/aromatic N) is 3. The van der Waals surface area contributed by atoms with Gasteiger partial charge in [-0.05, 0) is 68.0 Å². The largest absolute Gasteiger partial charge is 0.493 e. The monoisotopic (exact) mass is 555 g/mol. The van der Waals surface area contributed by atoms with Gasteiger partial charge in [0.1, 0.15) is 5.82 Å². The lowest BCUT2D eigenvalue weighted by Gasteiger charge is -2.24. The molecule has 0 bridgehead atoms. The number of methoxy groups -OCH3 is 1. The van der Waals surface area contributed by atoms with E-state index in [2.05, 4.69) is 10.3 Å². The SMILES string of the molecule is COc1ccc(N2C(=O)c3cc(CN4Cc5cnc(NCC(N)=O)cc5C4=O)ccc3C2C)cc1OC1CCCC1. The molecule has 1 atom stereocenters. The highest BCUT2D eigenvalue weighted by Crippen LogP contribution is 2.42. The van der Waals surface area contributed by atoms with Crippen molar-refractivity contribution in [2.45, 2.75) is 57.8 Å². The van der Waals surface area contributed by atoms with Crippen LogP contribution in [0.2, 0.25) is 0 Å². The molecule has 1 aromatic heterocycles. The van der Waals surface area contributed by atoms with Crippen LogP contribution in [0.15, 0.2) is 48.7 Å². The van der Waals surface area contributed by atoms with Crippen LogP contribution in [0.4, 0.5) is 11.5 Å². The van der Waals surface area contributed by atoms with Crippen LogP contribution in [0.3, 0.4) is 0 Å². The fraction of sp³-hybridized carbons (Fsp3) is 0.355. The first-order chi connectivity index (χ1) is 19.8. The summed E-state index contributed by atoms with van der Waals surface area (Å²) in [5.41, 5.74) is 9.75. The zero-order valence-corrected chi connectivity index (χ0v) is 23.2. The number of nitrogens with one attached hydrogen (secondary N) is 1. The molecule has 3 aromatic rings. The number of ether oxygens (including phenoxy) is 2. The van der Waals surface area contributed by atoms with Crippen molar-refractivity contribution in [2.24, 2.45) is 5.73 Å². The molecule has 2 aromatic carbocycles. The molecule has 3 heterocycles. The summed E-state index contributed by atoms with van der Waals surface area (Å²) in [4.78, 5) is 45.8. The average Bonchev–Trinajstić information content (AvgIpc) is 3.65. The number of carbonyl (C=O) groups is 3. The van der Waals surface area contributed by atoms with Crippen molar-refractivity contribution in [3.8, 4) is 11.5 Å². The van der Waals surface area contributed by atoms with Gasteiger partial charge in [-0.2, -0.15) is 0 Å². The molecule has 1 saturated carbocycles. The number of hydrogen-bond donors (Lipinski definition) is 2. The second kappa shape index (κ2) is 10.8. The van der Waals surface area contributed by atoms with Gasteiger partial charge in [-0.1, -0.05) is 12.1 Å². The lowest BCUT2D eigenvalue weighted by atomic mass is 10.0. The van der Waals surface area contributed by atoms with E-state index < -0.39 is 5.91 Å². The molecule has 10 heteroatoms. The third-order valence-corrected chi connectivity index (χ3v) is 8.11. The molecule has 10 nitrogen and oxygen atoms in total. The van der Waals surface area contributed by atoms with Crippen molar-refractivity contribution in [3.63, 3.8) is 0 Å². The molecule has 0 spiro atoms. The number of aromatic nitrogens is 1. The molecule has 1 aliphatic carbocycles. The molecule has 0 radical (unpaired) electrons. The molecular formula is C31H33N5O5. The summed E-state index contributed by atoms with van der Waals surface area (Å²) in [5, 5.41) is 2.83. The minimum absolute atomic E-state index is 0.0618. The number of anilines is 2. The summed E-state index contributed by atoms with van der Waals surface area (Å²) < 4.78 is 11.8. The molecule has 2 aliphatic heterocycles. The van der Waals surface area contributed by atoms with Crippen LogP contribution in [0.1, 0.15) is 76.1 Å². The normalized spacial score (nSPS) is 18.0. The Bertz CT molecular complexity index is 1530. The van der Waals surface area contributed by atoms with Gasteiger partial charge in [0.2, 0.25) is 5.91 Å². The predicted molar refractivity (Wildman–Crippen MR) is 153 cm³/mol. The van der Waals surface area contributed by atoms with Gasteiger partial charge in [-0.15, -0.1) is 0 Å². The Labute approximate surface area is 238 Å². The third kappa shape index (κ3) is 5.05. The highest BCUT2D eigenvalue weighted by Gasteiger charge is 2.36. The number of amides is 3. The van der Waals surface area contributed by atoms with E-state index >= 15 is 0 Å². The summed E-state index contributed by atoms with van der Waals surface area (Å²) in [5.74, 6) is 1.01. The number of primary amides is 1. The van der Waals surface area contributed by atoms with Crippen LogP contribution < -0.4 is 25.4 Å². The molecule has 212 valence electrons. The van der Waals surface area contributed by atoms with Gasteiger partial charge >= 0.3 is 0 Å². The predicted octanol–water partition coefficient (Wildman–Crippen LogP) is 4.19. The maximum Gasteiger partial charge on any atom is 0.259 e. The maximum absolute atomic E-state index is 13.7. The van der Waals surface area contributed by atoms with E-state index in [1.165, 1.54) is 0 Å². The van der Waals surface area contributed by atoms with Crippen LogP contribution in [-0.2, 0) is 17.9 Å². The Hall–Kier alpha value is -4.60. The van der Waals surface area contributed by atoms with Gasteiger partial charge in [0.25, 0.3) is 11.8 Å². The Morgan fingerprint density at radius 1 is 1.05 bits per heavy atom. The average molecular weight is 556 g/mol. The molecular weight excluding hydrogens is 522 g/mol. The van der Waals surface area contributed by atoms with Crippen molar-refractivity contribution < 1.29 is 23.9 Å². The second-order valence-electron chi connectivity index (χ2n) is 10.8. The first-order valence-electron chi connectivity index (χ1n) is 13.9. The van der Waals surface area contributed by atoms with Gasteiger partial charge in [0, 0.05) is 47.7 Å². The molecule has 1 fully saturated rings. The fourth-order valence-electron chi connectivity index (χ4n) is 6.01. The van der Waals surface area contributed by atoms with E-state index in [1.807, 2.05) is 43.3 Å². The number of hydrogen-bond acceptors (Lipinski definition) is 7. The van der Waals surface area contributed by atoms with Crippen molar-refractivity contribution in [2.75, 3.05) is 23.9 Å². The van der Waals surface area contributed by atoms with Crippen LogP contribution in [-0.4, -0.2) is 47.4 Å². The van der Waals surface area contributed by atoms with Gasteiger partial charge in [-0.3, -0.25) is 14.4 Å². The highest BCUT2D eigenvalue weighted by atomic mass is 16.5. The number of rotatable bonds is 9. The van der Waals surface area contributed by atoms with Crippen LogP contribution in [0.5, 0.6) is 11.5 Å². The molecule has 3 amide bonds. The molecule has 0 saturated heterocycles. The molecule has 3 aliphatic rings. The maximum atomic E-state index is 13.7. The Kier molecular flexibility index (Phi) is 6.98. The zero-order valence-electron chi connectivity index (χ0n) is 23.2. The topological polar surface area (TPSA) is 127 Å². The van der Waals surface area contributed by atoms with Crippen molar-refractivity contribution >= 4 is 29.2 Å². The van der Waals surface area contributed by atoms with E-state index in [-0.39, 0.29) is 30.5 Å². The van der Waals surface area contributed by atoms with Crippen molar-refractivity contribution in [3.05, 3.63) is 76.5 Å². The number of fused-ring (bicyclic) bond motifs is 2. The minimum atomic E-state index is -0.510. The third-order valence-electron chi connectivity index (χ3n) is 8.11. The van der Waals surface area contributed by atoms with Crippen molar-refractivity contribution in [1.29, 1.82) is 0 Å². The van der Waals surface area contributed by atoms with Gasteiger partial charge < -0.3 is 30.3 Å². The number of carbonyl (C=O) groups excluding carboxylic acids is 3. The quantitative estimate of drug-likeness (QED) is 0.405. The van der Waals surface area contributed by atoms with Gasteiger partial charge in [-0.25, -0.2) is 4.98 Å². The number of pyridine rings is 1. The van der Waals surface area contributed by atoms with E-state index in [9.17, 15) is 14.4 Å². The van der Waals surface area contributed by atoms with Crippen LogP contribution in [0, 0.1) is 0 Å². The van der Waals surface area contributed by atoms with Crippen LogP contribution in [0.25, 0.3) is 0 Å². The lowest BCUT2D eigenvalue weighted by molar-refractivity contribution is -0.116. The first kappa shape index (κ1) is 26.6. The molecule has 3 N–H and O–H groups in total. The van der Waals surface area contributed by atoms with Gasteiger partial charge in [0.05, 0.1) is 25.8 Å². The second-order valence-corrected chi connectivity index (χ2v) is 10.8. The van der Waals surface area contributed by atoms with E-state index in [4.69, 9.17) is 15.2 Å². The molecule has 1 unspecified atom stereocenters. The lowest BCUT2D eigenvalue weighted by Crippen LogP contribution is -2.26. The van der Waals surface area contributed by atoms with E-state index in [0.29, 0.717) is 41.5 Å². The summed E-state index contributed by atoms with van der Waals surface area (Å²) in [6.07, 6.45) is 6.17. The summed E-state index contributed by atoms with van der Waals surface area (Å²) in [6.45, 7) is 2.73. The smallest absolute Gasteiger partial charge is 0.259 e. The summed E-state index contributed by atoms with van der Waals surface area (Å²) in [7, 11) is 1.62. The molecule has 41 heavy (non-hydrogen) atoms. The van der Waals surface area contributed by atoms with Crippen molar-refractivity contribution in [1.82, 2.24) is 9.88 Å². The standard InChI is InChI=1S/C31H33N5O5/c1-18-23-9-7-19(16-35-17-20-14-33-29(34-15-28(32)37)13-24(20)30(35)38)11-25(23)31(39)36(18)21-8-10-26(40-2)27(12-21)41-22-5-3-4-6-22/h7-14,18,22H,3-6,15-17H2,1-2H3,(H2,32,37)(H,33,34). The zero-order chi connectivity index (χ0) is 28.7. The Morgan fingerprint density at radius 3 is 2.61 bits per heavy atom. The summed E-state index contributed by atoms with van der Waals surface area (Å²) in [6, 6.07) is 13.0. The number of benzene rings is 2. The van der Waals surface area contributed by atoms with Gasteiger partial charge in [0.15, 0.2) is 11.5 Å². The molecule has 6 rings (SSSR count). The Morgan fingerprint density at radius 2 is 1.85 bits per heavy atom. The minimum Gasteiger partial charge on any atom is -0.493 e. The van der Waals surface area contributed by atoms with E-state index in [0.717, 1.165) is 48.1 Å². The summed E-state index contributed by atoms with van der Waals surface area (Å²) >= 11 is 0.